The number of likely N-dealkylation sites (tertiary alicyclic amines) is 1. The number of ether oxygens (including phenoxy) is 1. The molecule has 11 heteroatoms. The molecule has 0 bridgehead atoms. The normalized spacial score (nSPS) is 18.9. The lowest BCUT2D eigenvalue weighted by Gasteiger charge is -2.39. The van der Waals surface area contributed by atoms with Crippen molar-refractivity contribution in [2.24, 2.45) is 11.3 Å². The maximum Gasteiger partial charge on any atom is 0.410 e. The molecule has 2 heterocycles. The molecule has 10 nitrogen and oxygen atoms in total. The maximum absolute atomic E-state index is 13.3. The van der Waals surface area contributed by atoms with Gasteiger partial charge in [0, 0.05) is 39.8 Å². The summed E-state index contributed by atoms with van der Waals surface area (Å²) in [5.74, 6) is -0.148. The molecule has 200 valence electrons. The highest BCUT2D eigenvalue weighted by molar-refractivity contribution is 7.89. The minimum Gasteiger partial charge on any atom is -0.444 e. The fourth-order valence-electron chi connectivity index (χ4n) is 4.79. The van der Waals surface area contributed by atoms with Crippen molar-refractivity contribution in [3.8, 4) is 12.1 Å². The van der Waals surface area contributed by atoms with Crippen LogP contribution >= 0.6 is 0 Å². The summed E-state index contributed by atoms with van der Waals surface area (Å²) in [6, 6.07) is 10.1. The Bertz CT molecular complexity index is 1180. The predicted molar refractivity (Wildman–Crippen MR) is 135 cm³/mol. The van der Waals surface area contributed by atoms with Gasteiger partial charge in [-0.2, -0.15) is 14.8 Å². The summed E-state index contributed by atoms with van der Waals surface area (Å²) in [5, 5.41) is 18.8. The van der Waals surface area contributed by atoms with Gasteiger partial charge in [-0.15, -0.1) is 0 Å². The number of carbonyl (C=O) groups is 2. The number of piperidine rings is 2. The predicted octanol–water partition coefficient (Wildman–Crippen LogP) is 2.96. The lowest BCUT2D eigenvalue weighted by atomic mass is 9.78. The first-order chi connectivity index (χ1) is 17.3. The molecule has 2 aliphatic rings. The lowest BCUT2D eigenvalue weighted by molar-refractivity contribution is -0.140. The van der Waals surface area contributed by atoms with Gasteiger partial charge in [-0.05, 0) is 76.6 Å². The molecule has 0 radical (unpaired) electrons. The third kappa shape index (κ3) is 6.60. The van der Waals surface area contributed by atoms with E-state index in [9.17, 15) is 23.3 Å². The summed E-state index contributed by atoms with van der Waals surface area (Å²) >= 11 is 0. The van der Waals surface area contributed by atoms with E-state index in [0.717, 1.165) is 0 Å². The number of nitrogens with zero attached hydrogens (tertiary/aromatic N) is 5. The van der Waals surface area contributed by atoms with Crippen molar-refractivity contribution in [3.05, 3.63) is 29.8 Å². The molecular weight excluding hydrogens is 494 g/mol. The second-order valence-electron chi connectivity index (χ2n) is 10.8. The Morgan fingerprint density at radius 2 is 1.65 bits per heavy atom. The van der Waals surface area contributed by atoms with Crippen LogP contribution < -0.4 is 0 Å². The van der Waals surface area contributed by atoms with Crippen molar-refractivity contribution in [3.63, 3.8) is 0 Å². The Morgan fingerprint density at radius 1 is 1.08 bits per heavy atom. The van der Waals surface area contributed by atoms with Crippen molar-refractivity contribution < 1.29 is 22.7 Å². The number of carbonyl (C=O) groups excluding carboxylic acids is 2. The van der Waals surface area contributed by atoms with E-state index in [2.05, 4.69) is 6.07 Å². The second-order valence-corrected chi connectivity index (χ2v) is 12.8. The van der Waals surface area contributed by atoms with Crippen LogP contribution in [-0.2, 0) is 19.6 Å². The zero-order chi connectivity index (χ0) is 27.4. The fraction of sp³-hybridized carbons (Fsp3) is 0.615. The Hall–Kier alpha value is -3.15. The van der Waals surface area contributed by atoms with Gasteiger partial charge in [-0.3, -0.25) is 4.79 Å². The van der Waals surface area contributed by atoms with Crippen LogP contribution in [0.15, 0.2) is 29.2 Å². The van der Waals surface area contributed by atoms with E-state index >= 15 is 0 Å². The van der Waals surface area contributed by atoms with Gasteiger partial charge in [0.05, 0.1) is 22.6 Å². The van der Waals surface area contributed by atoms with Crippen molar-refractivity contribution >= 4 is 22.0 Å². The number of amides is 2. The molecule has 2 fully saturated rings. The Morgan fingerprint density at radius 3 is 2.14 bits per heavy atom. The molecule has 0 atom stereocenters. The van der Waals surface area contributed by atoms with Crippen molar-refractivity contribution in [2.75, 3.05) is 39.8 Å². The minimum atomic E-state index is -3.65. The van der Waals surface area contributed by atoms with Crippen LogP contribution in [0.3, 0.4) is 0 Å². The van der Waals surface area contributed by atoms with E-state index in [0.29, 0.717) is 38.0 Å². The SMILES string of the molecule is CN(CC1CCN(S(=O)(=O)c2ccc(C#N)cc2)CC1)C(=O)C1(C#N)CCN(C(=O)OC(C)(C)C)CC1. The van der Waals surface area contributed by atoms with E-state index in [4.69, 9.17) is 10.00 Å². The van der Waals surface area contributed by atoms with Crippen molar-refractivity contribution in [2.45, 2.75) is 57.0 Å². The fourth-order valence-corrected chi connectivity index (χ4v) is 6.26. The van der Waals surface area contributed by atoms with E-state index in [1.54, 1.807) is 32.7 Å². The monoisotopic (exact) mass is 529 g/mol. The van der Waals surface area contributed by atoms with Gasteiger partial charge in [0.25, 0.3) is 0 Å². The highest BCUT2D eigenvalue weighted by Crippen LogP contribution is 2.34. The zero-order valence-electron chi connectivity index (χ0n) is 21.9. The topological polar surface area (TPSA) is 135 Å². The molecule has 1 aromatic carbocycles. The third-order valence-electron chi connectivity index (χ3n) is 6.97. The van der Waals surface area contributed by atoms with E-state index in [1.165, 1.54) is 33.5 Å². The molecule has 37 heavy (non-hydrogen) atoms. The quantitative estimate of drug-likeness (QED) is 0.572. The van der Waals surface area contributed by atoms with E-state index in [1.807, 2.05) is 6.07 Å². The molecule has 1 aromatic rings. The first-order valence-corrected chi connectivity index (χ1v) is 13.9. The van der Waals surface area contributed by atoms with Crippen LogP contribution in [0.2, 0.25) is 0 Å². The van der Waals surface area contributed by atoms with Gasteiger partial charge in [0.1, 0.15) is 11.0 Å². The van der Waals surface area contributed by atoms with Gasteiger partial charge in [-0.1, -0.05) is 0 Å². The summed E-state index contributed by atoms with van der Waals surface area (Å²) in [7, 11) is -1.97. The molecule has 0 aromatic heterocycles. The lowest BCUT2D eigenvalue weighted by Crippen LogP contribution is -2.51. The molecule has 0 N–H and O–H groups in total. The van der Waals surface area contributed by atoms with Crippen molar-refractivity contribution in [1.82, 2.24) is 14.1 Å². The molecule has 0 unspecified atom stereocenters. The summed E-state index contributed by atoms with van der Waals surface area (Å²) < 4.78 is 32.8. The summed E-state index contributed by atoms with van der Waals surface area (Å²) in [4.78, 5) is 29.0. The number of benzene rings is 1. The summed E-state index contributed by atoms with van der Waals surface area (Å²) in [5.41, 5.74) is -1.41. The highest BCUT2D eigenvalue weighted by Gasteiger charge is 2.45. The maximum atomic E-state index is 13.3. The minimum absolute atomic E-state index is 0.110. The Kier molecular flexibility index (Phi) is 8.51. The number of nitriles is 2. The van der Waals surface area contributed by atoms with E-state index in [-0.39, 0.29) is 42.7 Å². The van der Waals surface area contributed by atoms with Gasteiger partial charge in [0.15, 0.2) is 0 Å². The van der Waals surface area contributed by atoms with Gasteiger partial charge >= 0.3 is 6.09 Å². The Labute approximate surface area is 219 Å². The second kappa shape index (κ2) is 11.1. The van der Waals surface area contributed by atoms with Gasteiger partial charge < -0.3 is 14.5 Å². The first-order valence-electron chi connectivity index (χ1n) is 12.5. The molecule has 2 saturated heterocycles. The van der Waals surface area contributed by atoms with Gasteiger partial charge in [0.2, 0.25) is 15.9 Å². The first kappa shape index (κ1) is 28.4. The average molecular weight is 530 g/mol. The molecule has 2 amide bonds. The van der Waals surface area contributed by atoms with E-state index < -0.39 is 27.1 Å². The summed E-state index contributed by atoms with van der Waals surface area (Å²) in [6.07, 6.45) is 1.24. The highest BCUT2D eigenvalue weighted by atomic mass is 32.2. The third-order valence-corrected chi connectivity index (χ3v) is 8.88. The van der Waals surface area contributed by atoms with Crippen LogP contribution in [0.4, 0.5) is 4.79 Å². The molecular formula is C26H35N5O5S. The number of hydrogen-bond acceptors (Lipinski definition) is 7. The van der Waals surface area contributed by atoms with Crippen LogP contribution in [0, 0.1) is 34.0 Å². The molecule has 0 saturated carbocycles. The van der Waals surface area contributed by atoms with Crippen LogP contribution in [-0.4, -0.2) is 79.9 Å². The molecule has 0 aliphatic carbocycles. The Balaban J connectivity index is 1.54. The van der Waals surface area contributed by atoms with Crippen LogP contribution in [0.5, 0.6) is 0 Å². The number of rotatable bonds is 5. The average Bonchev–Trinajstić information content (AvgIpc) is 2.87. The molecule has 0 spiro atoms. The largest absolute Gasteiger partial charge is 0.444 e. The smallest absolute Gasteiger partial charge is 0.410 e. The number of hydrogen-bond donors (Lipinski definition) is 0. The number of sulfonamides is 1. The van der Waals surface area contributed by atoms with Gasteiger partial charge in [-0.25, -0.2) is 13.2 Å². The zero-order valence-corrected chi connectivity index (χ0v) is 22.8. The van der Waals surface area contributed by atoms with Crippen molar-refractivity contribution in [1.29, 1.82) is 10.5 Å². The van der Waals surface area contributed by atoms with Crippen LogP contribution in [0.25, 0.3) is 0 Å². The molecule has 2 aliphatic heterocycles. The van der Waals surface area contributed by atoms with Crippen LogP contribution in [0.1, 0.15) is 52.0 Å². The summed E-state index contributed by atoms with van der Waals surface area (Å²) in [6.45, 7) is 7.02. The molecule has 3 rings (SSSR count). The standard InChI is InChI=1S/C26H35N5O5S/c1-25(2,3)36-24(33)30-15-11-26(19-28,12-16-30)23(32)29(4)18-21-9-13-31(14-10-21)37(34,35)22-7-5-20(17-27)6-8-22/h5-8,21H,9-16,18H2,1-4H3.